The average molecular weight is 497 g/mol. The molecular formula is C23H40N6O4S. The first-order chi connectivity index (χ1) is 16.1. The van der Waals surface area contributed by atoms with Crippen LogP contribution in [0.4, 0.5) is 0 Å². The molecule has 0 aromatic rings. The number of sulfonamides is 1. The number of nitriles is 1. The second kappa shape index (κ2) is 11.7. The van der Waals surface area contributed by atoms with Crippen LogP contribution in [-0.2, 0) is 19.6 Å². The number of nitrogens with zero attached hydrogens (tertiary/aromatic N) is 4. The van der Waals surface area contributed by atoms with Gasteiger partial charge in [0.1, 0.15) is 11.6 Å². The molecule has 34 heavy (non-hydrogen) atoms. The van der Waals surface area contributed by atoms with E-state index in [0.29, 0.717) is 51.7 Å². The van der Waals surface area contributed by atoms with E-state index < -0.39 is 21.6 Å². The third kappa shape index (κ3) is 7.55. The molecule has 1 aliphatic carbocycles. The molecular weight excluding hydrogens is 456 g/mol. The summed E-state index contributed by atoms with van der Waals surface area (Å²) in [6, 6.07) is 2.06. The average Bonchev–Trinajstić information content (AvgIpc) is 3.22. The van der Waals surface area contributed by atoms with Crippen molar-refractivity contribution in [2.75, 3.05) is 45.6 Å². The van der Waals surface area contributed by atoms with E-state index in [0.717, 1.165) is 25.6 Å². The van der Waals surface area contributed by atoms with Gasteiger partial charge in [-0.1, -0.05) is 33.1 Å². The van der Waals surface area contributed by atoms with E-state index in [1.807, 2.05) is 13.8 Å². The molecule has 3 fully saturated rings. The van der Waals surface area contributed by atoms with Crippen LogP contribution in [0.25, 0.3) is 0 Å². The molecule has 2 N–H and O–H groups in total. The van der Waals surface area contributed by atoms with Crippen LogP contribution in [0.2, 0.25) is 0 Å². The van der Waals surface area contributed by atoms with Crippen molar-refractivity contribution in [3.63, 3.8) is 0 Å². The lowest BCUT2D eigenvalue weighted by Crippen LogP contribution is -2.54. The summed E-state index contributed by atoms with van der Waals surface area (Å²) in [6.45, 7) is 7.19. The minimum Gasteiger partial charge on any atom is -0.378 e. The zero-order chi connectivity index (χ0) is 24.8. The van der Waals surface area contributed by atoms with E-state index in [-0.39, 0.29) is 17.8 Å². The lowest BCUT2D eigenvalue weighted by atomic mass is 9.94. The molecule has 1 saturated carbocycles. The predicted molar refractivity (Wildman–Crippen MR) is 131 cm³/mol. The van der Waals surface area contributed by atoms with Crippen molar-refractivity contribution in [2.45, 2.75) is 76.4 Å². The molecule has 0 bridgehead atoms. The second-order valence-electron chi connectivity index (χ2n) is 10.3. The minimum absolute atomic E-state index is 0.157. The number of aliphatic imine (C=N–C) groups is 1. The highest BCUT2D eigenvalue weighted by atomic mass is 32.2. The second-order valence-corrected chi connectivity index (χ2v) is 12.0. The molecule has 0 aromatic heterocycles. The number of nitrogens with one attached hydrogen (secondary N) is 2. The molecule has 2 aliphatic heterocycles. The summed E-state index contributed by atoms with van der Waals surface area (Å²) in [5.74, 6) is -0.0151. The van der Waals surface area contributed by atoms with Crippen LogP contribution in [0.15, 0.2) is 4.99 Å². The van der Waals surface area contributed by atoms with E-state index in [9.17, 15) is 18.5 Å². The van der Waals surface area contributed by atoms with Crippen LogP contribution in [0.3, 0.4) is 0 Å². The van der Waals surface area contributed by atoms with Crippen LogP contribution in [0.5, 0.6) is 0 Å². The van der Waals surface area contributed by atoms with Gasteiger partial charge in [0, 0.05) is 32.2 Å². The maximum atomic E-state index is 13.5. The summed E-state index contributed by atoms with van der Waals surface area (Å²) in [6.07, 6.45) is 8.11. The highest BCUT2D eigenvalue weighted by Crippen LogP contribution is 2.30. The Morgan fingerprint density at radius 2 is 1.88 bits per heavy atom. The molecule has 0 radical (unpaired) electrons. The number of carbonyl (C=O) groups is 1. The van der Waals surface area contributed by atoms with E-state index in [4.69, 9.17) is 4.74 Å². The van der Waals surface area contributed by atoms with Gasteiger partial charge in [0.25, 0.3) is 0 Å². The maximum absolute atomic E-state index is 13.5. The van der Waals surface area contributed by atoms with Crippen molar-refractivity contribution in [1.29, 1.82) is 5.26 Å². The van der Waals surface area contributed by atoms with Gasteiger partial charge >= 0.3 is 0 Å². The van der Waals surface area contributed by atoms with Gasteiger partial charge < -0.3 is 15.0 Å². The number of carbonyl (C=O) groups excluding carboxylic acids is 1. The summed E-state index contributed by atoms with van der Waals surface area (Å²) in [4.78, 5) is 22.2. The molecule has 3 rings (SSSR count). The van der Waals surface area contributed by atoms with Crippen molar-refractivity contribution in [3.8, 4) is 6.07 Å². The van der Waals surface area contributed by atoms with Gasteiger partial charge in [-0.2, -0.15) is 5.26 Å². The molecule has 192 valence electrons. The Morgan fingerprint density at radius 1 is 1.21 bits per heavy atom. The van der Waals surface area contributed by atoms with Crippen LogP contribution < -0.4 is 10.0 Å². The summed E-state index contributed by atoms with van der Waals surface area (Å²) < 4.78 is 31.9. The Bertz CT molecular complexity index is 874. The predicted octanol–water partition coefficient (Wildman–Crippen LogP) is 1.06. The lowest BCUT2D eigenvalue weighted by Gasteiger charge is -2.33. The molecule has 10 nitrogen and oxygen atoms in total. The van der Waals surface area contributed by atoms with Crippen LogP contribution in [0, 0.1) is 17.2 Å². The minimum atomic E-state index is -3.59. The number of rotatable bonds is 7. The topological polar surface area (TPSA) is 127 Å². The van der Waals surface area contributed by atoms with Gasteiger partial charge in [-0.25, -0.2) is 13.4 Å². The lowest BCUT2D eigenvalue weighted by molar-refractivity contribution is -0.124. The molecule has 0 aromatic carbocycles. The molecule has 3 aliphatic rings. The van der Waals surface area contributed by atoms with Crippen molar-refractivity contribution in [1.82, 2.24) is 19.8 Å². The summed E-state index contributed by atoms with van der Waals surface area (Å²) >= 11 is 0. The van der Waals surface area contributed by atoms with Crippen molar-refractivity contribution in [2.24, 2.45) is 10.9 Å². The molecule has 2 atom stereocenters. The van der Waals surface area contributed by atoms with E-state index in [1.165, 1.54) is 19.3 Å². The zero-order valence-corrected chi connectivity index (χ0v) is 21.6. The zero-order valence-electron chi connectivity index (χ0n) is 20.8. The summed E-state index contributed by atoms with van der Waals surface area (Å²) in [7, 11) is -3.59. The normalized spacial score (nSPS) is 26.3. The van der Waals surface area contributed by atoms with Gasteiger partial charge in [0.2, 0.25) is 21.9 Å². The first-order valence-corrected chi connectivity index (χ1v) is 14.4. The summed E-state index contributed by atoms with van der Waals surface area (Å²) in [5, 5.41) is 13.1. The van der Waals surface area contributed by atoms with Crippen LogP contribution in [0.1, 0.15) is 58.8 Å². The third-order valence-corrected chi connectivity index (χ3v) is 7.38. The Hall–Kier alpha value is -1.90. The van der Waals surface area contributed by atoms with Crippen molar-refractivity contribution in [3.05, 3.63) is 0 Å². The SMILES string of the molecule is CC(C)CC(N=C(NS(C)(=O)=O)N1CCOCC1)C(=O)NC1(C#N)CCN(C2CCCCC2)C1. The largest absolute Gasteiger partial charge is 0.378 e. The first-order valence-electron chi connectivity index (χ1n) is 12.5. The Labute approximate surface area is 204 Å². The monoisotopic (exact) mass is 496 g/mol. The fourth-order valence-electron chi connectivity index (χ4n) is 5.06. The first kappa shape index (κ1) is 26.7. The third-order valence-electron chi connectivity index (χ3n) is 6.83. The van der Waals surface area contributed by atoms with Gasteiger partial charge in [-0.15, -0.1) is 0 Å². The number of hydrogen-bond acceptors (Lipinski definition) is 7. The highest BCUT2D eigenvalue weighted by Gasteiger charge is 2.43. The number of likely N-dealkylation sites (tertiary alicyclic amines) is 1. The quantitative estimate of drug-likeness (QED) is 0.398. The smallest absolute Gasteiger partial charge is 0.246 e. The molecule has 11 heteroatoms. The Kier molecular flexibility index (Phi) is 9.18. The van der Waals surface area contributed by atoms with Gasteiger partial charge in [-0.05, 0) is 31.6 Å². The van der Waals surface area contributed by atoms with Crippen molar-refractivity contribution >= 4 is 21.9 Å². The van der Waals surface area contributed by atoms with E-state index in [2.05, 4.69) is 26.0 Å². The standard InChI is InChI=1S/C23H40N6O4S/c1-18(2)15-20(25-22(27-34(3,31)32)28-11-13-33-14-12-28)21(30)26-23(16-24)9-10-29(17-23)19-7-5-4-6-8-19/h18-20H,4-15,17H2,1-3H3,(H,25,27)(H,26,30). The molecule has 2 unspecified atom stereocenters. The number of guanidine groups is 1. The summed E-state index contributed by atoms with van der Waals surface area (Å²) in [5.41, 5.74) is -0.942. The van der Waals surface area contributed by atoms with Gasteiger partial charge in [0.05, 0.1) is 25.5 Å². The number of amides is 1. The van der Waals surface area contributed by atoms with Crippen molar-refractivity contribution < 1.29 is 17.9 Å². The number of morpholine rings is 1. The van der Waals surface area contributed by atoms with Crippen LogP contribution in [-0.4, -0.2) is 93.4 Å². The molecule has 0 spiro atoms. The number of hydrogen-bond donors (Lipinski definition) is 2. The molecule has 1 amide bonds. The fourth-order valence-corrected chi connectivity index (χ4v) is 5.58. The van der Waals surface area contributed by atoms with E-state index >= 15 is 0 Å². The van der Waals surface area contributed by atoms with Gasteiger partial charge in [0.15, 0.2) is 0 Å². The molecule has 2 heterocycles. The highest BCUT2D eigenvalue weighted by molar-refractivity contribution is 7.89. The maximum Gasteiger partial charge on any atom is 0.246 e. The Morgan fingerprint density at radius 3 is 2.47 bits per heavy atom. The fraction of sp³-hybridized carbons (Fsp3) is 0.870. The number of ether oxygens (including phenoxy) is 1. The van der Waals surface area contributed by atoms with Gasteiger partial charge in [-0.3, -0.25) is 14.4 Å². The Balaban J connectivity index is 1.78. The van der Waals surface area contributed by atoms with E-state index in [1.54, 1.807) is 4.90 Å². The van der Waals surface area contributed by atoms with Crippen LogP contribution >= 0.6 is 0 Å². The molecule has 2 saturated heterocycles.